The van der Waals surface area contributed by atoms with E-state index in [9.17, 15) is 0 Å². The Hall–Kier alpha value is -0.0600. The first-order valence-electron chi connectivity index (χ1n) is 9.46. The van der Waals surface area contributed by atoms with Gasteiger partial charge >= 0.3 is 0 Å². The maximum atomic E-state index is 4.48. The summed E-state index contributed by atoms with van der Waals surface area (Å²) in [4.78, 5) is 13.0. The van der Waals surface area contributed by atoms with Crippen molar-refractivity contribution >= 4 is 53.0 Å². The van der Waals surface area contributed by atoms with E-state index >= 15 is 0 Å². The Morgan fingerprint density at radius 1 is 1.27 bits per heavy atom. The SMILES string of the molecule is CCc1cnc(CNC(=NC)NCC2(N3CCSCC3)CCCC2)s1.I. The fourth-order valence-corrected chi connectivity index (χ4v) is 5.60. The van der Waals surface area contributed by atoms with E-state index < -0.39 is 0 Å². The predicted molar refractivity (Wildman–Crippen MR) is 125 cm³/mol. The van der Waals surface area contributed by atoms with Crippen LogP contribution < -0.4 is 10.6 Å². The van der Waals surface area contributed by atoms with Crippen LogP contribution >= 0.6 is 47.1 Å². The van der Waals surface area contributed by atoms with Crippen LogP contribution in [0.3, 0.4) is 0 Å². The number of aromatic nitrogens is 1. The van der Waals surface area contributed by atoms with E-state index in [1.807, 2.05) is 13.2 Å². The fourth-order valence-electron chi connectivity index (χ4n) is 3.90. The Balaban J connectivity index is 0.00000243. The number of nitrogens with zero attached hydrogens (tertiary/aromatic N) is 3. The Labute approximate surface area is 183 Å². The highest BCUT2D eigenvalue weighted by Crippen LogP contribution is 2.36. The molecule has 0 atom stereocenters. The lowest BCUT2D eigenvalue weighted by atomic mass is 9.94. The minimum absolute atomic E-state index is 0. The first-order chi connectivity index (χ1) is 12.3. The van der Waals surface area contributed by atoms with Crippen molar-refractivity contribution in [1.82, 2.24) is 20.5 Å². The topological polar surface area (TPSA) is 52.6 Å². The normalized spacial score (nSPS) is 20.6. The highest BCUT2D eigenvalue weighted by molar-refractivity contribution is 14.0. The molecule has 148 valence electrons. The average molecular weight is 510 g/mol. The van der Waals surface area contributed by atoms with E-state index in [1.54, 1.807) is 11.3 Å². The van der Waals surface area contributed by atoms with Gasteiger partial charge in [-0.25, -0.2) is 4.98 Å². The summed E-state index contributed by atoms with van der Waals surface area (Å²) in [6.45, 7) is 6.38. The summed E-state index contributed by atoms with van der Waals surface area (Å²) in [5, 5.41) is 8.17. The van der Waals surface area contributed by atoms with E-state index in [-0.39, 0.29) is 24.0 Å². The van der Waals surface area contributed by atoms with Gasteiger partial charge in [-0.05, 0) is 19.3 Å². The van der Waals surface area contributed by atoms with Gasteiger partial charge in [0.05, 0.1) is 6.54 Å². The highest BCUT2D eigenvalue weighted by atomic mass is 127. The number of aryl methyl sites for hydroxylation is 1. The van der Waals surface area contributed by atoms with Gasteiger partial charge in [-0.2, -0.15) is 11.8 Å². The quantitative estimate of drug-likeness (QED) is 0.350. The van der Waals surface area contributed by atoms with Gasteiger partial charge in [0.1, 0.15) is 5.01 Å². The van der Waals surface area contributed by atoms with Crippen molar-refractivity contribution in [2.24, 2.45) is 4.99 Å². The van der Waals surface area contributed by atoms with Gasteiger partial charge in [0.2, 0.25) is 0 Å². The molecule has 2 heterocycles. The summed E-state index contributed by atoms with van der Waals surface area (Å²) >= 11 is 3.87. The van der Waals surface area contributed by atoms with Crippen molar-refractivity contribution < 1.29 is 0 Å². The molecule has 0 amide bonds. The Morgan fingerprint density at radius 3 is 2.62 bits per heavy atom. The van der Waals surface area contributed by atoms with Crippen LogP contribution in [-0.2, 0) is 13.0 Å². The molecule has 0 spiro atoms. The molecule has 0 aromatic carbocycles. The summed E-state index contributed by atoms with van der Waals surface area (Å²) in [7, 11) is 1.85. The van der Waals surface area contributed by atoms with Crippen LogP contribution in [0.15, 0.2) is 11.2 Å². The van der Waals surface area contributed by atoms with Gasteiger partial charge in [0.15, 0.2) is 5.96 Å². The van der Waals surface area contributed by atoms with Crippen LogP contribution in [0.1, 0.15) is 42.5 Å². The molecule has 1 aromatic heterocycles. The zero-order valence-corrected chi connectivity index (χ0v) is 19.9. The lowest BCUT2D eigenvalue weighted by molar-refractivity contribution is 0.107. The molecule has 1 saturated heterocycles. The number of guanidine groups is 1. The number of nitrogens with one attached hydrogen (secondary N) is 2. The third kappa shape index (κ3) is 5.72. The molecule has 0 bridgehead atoms. The molecule has 1 saturated carbocycles. The molecule has 1 aliphatic carbocycles. The van der Waals surface area contributed by atoms with Crippen LogP contribution in [0.5, 0.6) is 0 Å². The van der Waals surface area contributed by atoms with Crippen molar-refractivity contribution in [3.8, 4) is 0 Å². The van der Waals surface area contributed by atoms with Crippen molar-refractivity contribution in [1.29, 1.82) is 0 Å². The third-order valence-corrected chi connectivity index (χ3v) is 7.47. The second-order valence-electron chi connectivity index (χ2n) is 6.88. The molecule has 2 N–H and O–H groups in total. The molecule has 0 unspecified atom stereocenters. The van der Waals surface area contributed by atoms with Crippen LogP contribution in [-0.4, -0.2) is 59.6 Å². The lowest BCUT2D eigenvalue weighted by Crippen LogP contribution is -2.57. The molecule has 3 rings (SSSR count). The number of hydrogen-bond acceptors (Lipinski definition) is 5. The van der Waals surface area contributed by atoms with E-state index in [4.69, 9.17) is 0 Å². The van der Waals surface area contributed by atoms with Crippen LogP contribution in [0.4, 0.5) is 0 Å². The molecule has 2 aliphatic rings. The number of halogens is 1. The van der Waals surface area contributed by atoms with Gasteiger partial charge in [-0.1, -0.05) is 19.8 Å². The molecular weight excluding hydrogens is 477 g/mol. The van der Waals surface area contributed by atoms with Crippen LogP contribution in [0.25, 0.3) is 0 Å². The Morgan fingerprint density at radius 2 is 2.00 bits per heavy atom. The standard InChI is InChI=1S/C18H31N5S2.HI/c1-3-15-12-20-16(25-15)13-21-17(19-2)22-14-18(6-4-5-7-18)23-8-10-24-11-9-23;/h12H,3-11,13-14H2,1-2H3,(H2,19,21,22);1H. The Kier molecular flexibility index (Phi) is 9.46. The highest BCUT2D eigenvalue weighted by Gasteiger charge is 2.39. The number of thioether (sulfide) groups is 1. The smallest absolute Gasteiger partial charge is 0.191 e. The molecular formula is C18H32IN5S2. The molecule has 5 nitrogen and oxygen atoms in total. The number of hydrogen-bond donors (Lipinski definition) is 2. The maximum absolute atomic E-state index is 4.48. The van der Waals surface area contributed by atoms with Gasteiger partial charge in [0, 0.05) is 54.8 Å². The second kappa shape index (κ2) is 11.1. The summed E-state index contributed by atoms with van der Waals surface area (Å²) in [5.74, 6) is 3.45. The molecule has 8 heteroatoms. The van der Waals surface area contributed by atoms with Crippen molar-refractivity contribution in [2.45, 2.75) is 51.1 Å². The molecule has 1 aliphatic heterocycles. The monoisotopic (exact) mass is 509 g/mol. The third-order valence-electron chi connectivity index (χ3n) is 5.38. The van der Waals surface area contributed by atoms with Gasteiger partial charge in [0.25, 0.3) is 0 Å². The van der Waals surface area contributed by atoms with Crippen molar-refractivity contribution in [3.05, 3.63) is 16.1 Å². The molecule has 1 aromatic rings. The summed E-state index contributed by atoms with van der Waals surface area (Å²) in [6.07, 6.45) is 8.38. The fraction of sp³-hybridized carbons (Fsp3) is 0.778. The van der Waals surface area contributed by atoms with Crippen LogP contribution in [0, 0.1) is 0 Å². The first-order valence-corrected chi connectivity index (χ1v) is 11.4. The number of aliphatic imine (C=N–C) groups is 1. The molecule has 2 fully saturated rings. The number of thiazole rings is 1. The maximum Gasteiger partial charge on any atom is 0.191 e. The van der Waals surface area contributed by atoms with Crippen molar-refractivity contribution in [2.75, 3.05) is 38.2 Å². The lowest BCUT2D eigenvalue weighted by Gasteiger charge is -2.43. The van der Waals surface area contributed by atoms with Crippen LogP contribution in [0.2, 0.25) is 0 Å². The average Bonchev–Trinajstić information content (AvgIpc) is 3.33. The minimum Gasteiger partial charge on any atom is -0.355 e. The van der Waals surface area contributed by atoms with E-state index in [1.165, 1.54) is 55.2 Å². The minimum atomic E-state index is 0. The van der Waals surface area contributed by atoms with E-state index in [0.717, 1.165) is 30.5 Å². The Bertz CT molecular complexity index is 566. The predicted octanol–water partition coefficient (Wildman–Crippen LogP) is 3.35. The van der Waals surface area contributed by atoms with Gasteiger partial charge in [-0.3, -0.25) is 9.89 Å². The summed E-state index contributed by atoms with van der Waals surface area (Å²) in [6, 6.07) is 0. The second-order valence-corrected chi connectivity index (χ2v) is 9.31. The zero-order valence-electron chi connectivity index (χ0n) is 15.9. The molecule has 26 heavy (non-hydrogen) atoms. The summed E-state index contributed by atoms with van der Waals surface area (Å²) in [5.41, 5.74) is 0.329. The van der Waals surface area contributed by atoms with Crippen molar-refractivity contribution in [3.63, 3.8) is 0 Å². The molecule has 0 radical (unpaired) electrons. The zero-order chi connectivity index (χ0) is 17.5. The van der Waals surface area contributed by atoms with Gasteiger partial charge < -0.3 is 10.6 Å². The largest absolute Gasteiger partial charge is 0.355 e. The first kappa shape index (κ1) is 22.2. The van der Waals surface area contributed by atoms with E-state index in [2.05, 4.69) is 44.2 Å². The van der Waals surface area contributed by atoms with E-state index in [0.29, 0.717) is 5.54 Å². The summed E-state index contributed by atoms with van der Waals surface area (Å²) < 4.78 is 0. The van der Waals surface area contributed by atoms with Gasteiger partial charge in [-0.15, -0.1) is 35.3 Å². The number of rotatable bonds is 6.